The number of nitriles is 1. The second-order valence-electron chi connectivity index (χ2n) is 9.55. The molecular weight excluding hydrogens is 416 g/mol. The number of hydrogen-bond acceptors (Lipinski definition) is 5. The van der Waals surface area contributed by atoms with E-state index in [1.165, 1.54) is 36.0 Å². The summed E-state index contributed by atoms with van der Waals surface area (Å²) in [6.45, 7) is 4.69. The number of fused-ring (bicyclic) bond motifs is 1. The molecule has 176 valence electrons. The smallest absolute Gasteiger partial charge is 0.303 e. The highest BCUT2D eigenvalue weighted by atomic mass is 16.5. The molecule has 0 aliphatic heterocycles. The van der Waals surface area contributed by atoms with Gasteiger partial charge in [0, 0.05) is 18.5 Å². The van der Waals surface area contributed by atoms with Crippen molar-refractivity contribution in [1.29, 1.82) is 5.26 Å². The maximum Gasteiger partial charge on any atom is 0.303 e. The zero-order valence-corrected chi connectivity index (χ0v) is 19.6. The Morgan fingerprint density at radius 1 is 1.15 bits per heavy atom. The molecule has 2 aromatic carbocycles. The fourth-order valence-corrected chi connectivity index (χ4v) is 4.31. The summed E-state index contributed by atoms with van der Waals surface area (Å²) in [6.07, 6.45) is 5.40. The number of ether oxygens (including phenoxy) is 1. The fraction of sp³-hybridized carbons (Fsp3) is 0.481. The number of nitrogens with one attached hydrogen (secondary N) is 1. The van der Waals surface area contributed by atoms with Gasteiger partial charge in [0.15, 0.2) is 0 Å². The van der Waals surface area contributed by atoms with Gasteiger partial charge in [0.05, 0.1) is 5.56 Å². The SMILES string of the molecule is CC(C)(Cc1ccc2c(c1)CCCC2)NC[C@H](O)COc1ccc(CCC(=O)O)cc1C#N. The van der Waals surface area contributed by atoms with E-state index in [0.717, 1.165) is 18.4 Å². The molecule has 0 heterocycles. The lowest BCUT2D eigenvalue weighted by molar-refractivity contribution is -0.136. The quantitative estimate of drug-likeness (QED) is 0.481. The minimum atomic E-state index is -0.876. The molecule has 3 rings (SSSR count). The van der Waals surface area contributed by atoms with Gasteiger partial charge in [0.25, 0.3) is 0 Å². The number of carboxylic acids is 1. The van der Waals surface area contributed by atoms with E-state index >= 15 is 0 Å². The molecule has 0 spiro atoms. The van der Waals surface area contributed by atoms with Gasteiger partial charge in [-0.3, -0.25) is 4.79 Å². The highest BCUT2D eigenvalue weighted by Crippen LogP contribution is 2.24. The molecule has 2 aromatic rings. The molecule has 0 saturated heterocycles. The number of nitrogens with zero attached hydrogens (tertiary/aromatic N) is 1. The van der Waals surface area contributed by atoms with E-state index in [-0.39, 0.29) is 18.6 Å². The van der Waals surface area contributed by atoms with Crippen molar-refractivity contribution in [3.63, 3.8) is 0 Å². The highest BCUT2D eigenvalue weighted by molar-refractivity contribution is 5.67. The number of carbonyl (C=O) groups is 1. The standard InChI is InChI=1S/C27H34N2O4/c1-27(2,15-20-7-10-21-5-3-4-6-22(21)14-20)29-17-24(30)18-33-25-11-8-19(9-12-26(31)32)13-23(25)16-28/h7-8,10-11,13-14,24,29-30H,3-6,9,12,15,17-18H2,1-2H3,(H,31,32)/t24-/m0/s1. The van der Waals surface area contributed by atoms with Gasteiger partial charge in [-0.2, -0.15) is 5.26 Å². The number of aryl methyl sites for hydroxylation is 3. The first-order chi connectivity index (χ1) is 15.8. The first-order valence-electron chi connectivity index (χ1n) is 11.7. The van der Waals surface area contributed by atoms with E-state index in [0.29, 0.717) is 24.3 Å². The summed E-state index contributed by atoms with van der Waals surface area (Å²) in [4.78, 5) is 10.7. The zero-order valence-electron chi connectivity index (χ0n) is 19.6. The van der Waals surface area contributed by atoms with Crippen LogP contribution in [0.2, 0.25) is 0 Å². The third-order valence-corrected chi connectivity index (χ3v) is 6.10. The predicted octanol–water partition coefficient (Wildman–Crippen LogP) is 3.80. The number of benzene rings is 2. The number of aliphatic hydroxyl groups excluding tert-OH is 1. The van der Waals surface area contributed by atoms with Crippen molar-refractivity contribution < 1.29 is 19.7 Å². The van der Waals surface area contributed by atoms with Gasteiger partial charge in [-0.15, -0.1) is 0 Å². The topological polar surface area (TPSA) is 103 Å². The van der Waals surface area contributed by atoms with Crippen LogP contribution in [0.15, 0.2) is 36.4 Å². The number of aliphatic hydroxyl groups is 1. The van der Waals surface area contributed by atoms with Crippen molar-refractivity contribution in [1.82, 2.24) is 5.32 Å². The molecule has 1 aliphatic carbocycles. The van der Waals surface area contributed by atoms with Crippen LogP contribution in [0.4, 0.5) is 0 Å². The summed E-state index contributed by atoms with van der Waals surface area (Å²) in [7, 11) is 0. The molecule has 0 radical (unpaired) electrons. The van der Waals surface area contributed by atoms with E-state index in [2.05, 4.69) is 43.4 Å². The Bertz CT molecular complexity index is 1010. The van der Waals surface area contributed by atoms with Crippen LogP contribution >= 0.6 is 0 Å². The Labute approximate surface area is 196 Å². The Hall–Kier alpha value is -2.88. The van der Waals surface area contributed by atoms with Crippen LogP contribution < -0.4 is 10.1 Å². The van der Waals surface area contributed by atoms with E-state index in [1.54, 1.807) is 18.2 Å². The summed E-state index contributed by atoms with van der Waals surface area (Å²) in [5.41, 5.74) is 5.19. The van der Waals surface area contributed by atoms with Gasteiger partial charge in [0.2, 0.25) is 0 Å². The van der Waals surface area contributed by atoms with Crippen LogP contribution in [0.5, 0.6) is 5.75 Å². The van der Waals surface area contributed by atoms with Gasteiger partial charge in [-0.25, -0.2) is 0 Å². The maximum absolute atomic E-state index is 10.7. The summed E-state index contributed by atoms with van der Waals surface area (Å²) >= 11 is 0. The van der Waals surface area contributed by atoms with E-state index in [1.807, 2.05) is 0 Å². The molecule has 33 heavy (non-hydrogen) atoms. The molecule has 1 atom stereocenters. The van der Waals surface area contributed by atoms with Crippen LogP contribution in [-0.2, 0) is 30.5 Å². The molecule has 0 fully saturated rings. The largest absolute Gasteiger partial charge is 0.489 e. The van der Waals surface area contributed by atoms with Gasteiger partial charge >= 0.3 is 5.97 Å². The Morgan fingerprint density at radius 2 is 1.88 bits per heavy atom. The molecule has 1 aliphatic rings. The molecule has 0 amide bonds. The third kappa shape index (κ3) is 7.59. The number of aliphatic carboxylic acids is 1. The van der Waals surface area contributed by atoms with Crippen LogP contribution in [0.25, 0.3) is 0 Å². The molecule has 6 nitrogen and oxygen atoms in total. The average molecular weight is 451 g/mol. The molecule has 0 saturated carbocycles. The molecule has 0 unspecified atom stereocenters. The minimum absolute atomic E-state index is 0.0106. The lowest BCUT2D eigenvalue weighted by Gasteiger charge is -2.29. The highest BCUT2D eigenvalue weighted by Gasteiger charge is 2.21. The van der Waals surface area contributed by atoms with Crippen LogP contribution in [-0.4, -0.2) is 41.0 Å². The summed E-state index contributed by atoms with van der Waals surface area (Å²) in [5.74, 6) is -0.483. The Balaban J connectivity index is 1.49. The minimum Gasteiger partial charge on any atom is -0.489 e. The first kappa shape index (κ1) is 24.8. The molecule has 3 N–H and O–H groups in total. The van der Waals surface area contributed by atoms with Crippen molar-refractivity contribution in [2.24, 2.45) is 0 Å². The van der Waals surface area contributed by atoms with Gasteiger partial charge in [-0.1, -0.05) is 24.3 Å². The lowest BCUT2D eigenvalue weighted by atomic mass is 9.87. The van der Waals surface area contributed by atoms with E-state index in [4.69, 9.17) is 9.84 Å². The molecule has 0 bridgehead atoms. The van der Waals surface area contributed by atoms with Crippen molar-refractivity contribution >= 4 is 5.97 Å². The van der Waals surface area contributed by atoms with Gasteiger partial charge in [-0.05, 0) is 86.8 Å². The fourth-order valence-electron chi connectivity index (χ4n) is 4.31. The van der Waals surface area contributed by atoms with Crippen molar-refractivity contribution in [3.8, 4) is 11.8 Å². The molecule has 6 heteroatoms. The Kier molecular flexibility index (Phi) is 8.49. The second kappa shape index (κ2) is 11.3. The number of β-amino-alcohol motifs (C(OH)–C–C–N with tert-alkyl or cyclic N) is 1. The van der Waals surface area contributed by atoms with Gasteiger partial charge in [0.1, 0.15) is 24.5 Å². The van der Waals surface area contributed by atoms with Crippen LogP contribution in [0, 0.1) is 11.3 Å². The summed E-state index contributed by atoms with van der Waals surface area (Å²) in [6, 6.07) is 14.0. The molecular formula is C27H34N2O4. The van der Waals surface area contributed by atoms with Crippen LogP contribution in [0.3, 0.4) is 0 Å². The molecule has 0 aromatic heterocycles. The first-order valence-corrected chi connectivity index (χ1v) is 11.7. The van der Waals surface area contributed by atoms with Crippen molar-refractivity contribution in [2.45, 2.75) is 70.4 Å². The van der Waals surface area contributed by atoms with Crippen molar-refractivity contribution in [3.05, 3.63) is 64.2 Å². The third-order valence-electron chi connectivity index (χ3n) is 6.10. The lowest BCUT2D eigenvalue weighted by Crippen LogP contribution is -2.46. The monoisotopic (exact) mass is 450 g/mol. The van der Waals surface area contributed by atoms with Gasteiger partial charge < -0.3 is 20.3 Å². The predicted molar refractivity (Wildman–Crippen MR) is 127 cm³/mol. The number of rotatable bonds is 11. The summed E-state index contributed by atoms with van der Waals surface area (Å²) < 4.78 is 5.69. The van der Waals surface area contributed by atoms with Crippen molar-refractivity contribution in [2.75, 3.05) is 13.2 Å². The van der Waals surface area contributed by atoms with E-state index < -0.39 is 12.1 Å². The number of carboxylic acid groups (broad SMARTS) is 1. The second-order valence-corrected chi connectivity index (χ2v) is 9.55. The normalized spacial score (nSPS) is 14.2. The Morgan fingerprint density at radius 3 is 2.61 bits per heavy atom. The zero-order chi connectivity index (χ0) is 23.8. The average Bonchev–Trinajstić information content (AvgIpc) is 2.80. The maximum atomic E-state index is 10.7. The van der Waals surface area contributed by atoms with E-state index in [9.17, 15) is 15.2 Å². The summed E-state index contributed by atoms with van der Waals surface area (Å²) in [5, 5.41) is 32.1. The number of hydrogen-bond donors (Lipinski definition) is 3. The van der Waals surface area contributed by atoms with Crippen LogP contribution in [0.1, 0.15) is 60.9 Å².